The molecule has 0 unspecified atom stereocenters. The lowest BCUT2D eigenvalue weighted by molar-refractivity contribution is 0.0597. The molecule has 0 spiro atoms. The van der Waals surface area contributed by atoms with Gasteiger partial charge in [-0.1, -0.05) is 12.1 Å². The summed E-state index contributed by atoms with van der Waals surface area (Å²) in [7, 11) is 2.87. The lowest BCUT2D eigenvalue weighted by Gasteiger charge is -2.09. The van der Waals surface area contributed by atoms with Crippen LogP contribution in [0.25, 0.3) is 11.1 Å². The third-order valence-corrected chi connectivity index (χ3v) is 2.60. The molecule has 1 heterocycles. The van der Waals surface area contributed by atoms with Crippen LogP contribution < -0.4 is 4.74 Å². The van der Waals surface area contributed by atoms with Gasteiger partial charge in [0, 0.05) is 18.0 Å². The van der Waals surface area contributed by atoms with Gasteiger partial charge in [-0.3, -0.25) is 4.98 Å². The number of rotatable bonds is 3. The predicted molar refractivity (Wildman–Crippen MR) is 67.6 cm³/mol. The van der Waals surface area contributed by atoms with E-state index in [-0.39, 0.29) is 0 Å². The monoisotopic (exact) mass is 243 g/mol. The lowest BCUT2D eigenvalue weighted by Crippen LogP contribution is -2.04. The smallest absolute Gasteiger partial charge is 0.341 e. The van der Waals surface area contributed by atoms with Gasteiger partial charge in [0.15, 0.2) is 0 Å². The lowest BCUT2D eigenvalue weighted by atomic mass is 10.0. The Bertz CT molecular complexity index is 552. The van der Waals surface area contributed by atoms with Crippen LogP contribution in [0, 0.1) is 0 Å². The fourth-order valence-corrected chi connectivity index (χ4v) is 1.69. The van der Waals surface area contributed by atoms with E-state index >= 15 is 0 Å². The molecule has 0 aliphatic rings. The number of benzene rings is 1. The topological polar surface area (TPSA) is 48.4 Å². The van der Waals surface area contributed by atoms with Gasteiger partial charge in [0.05, 0.1) is 14.2 Å². The maximum Gasteiger partial charge on any atom is 0.341 e. The van der Waals surface area contributed by atoms with Gasteiger partial charge in [-0.15, -0.1) is 0 Å². The van der Waals surface area contributed by atoms with E-state index in [9.17, 15) is 4.79 Å². The molecule has 0 saturated heterocycles. The van der Waals surface area contributed by atoms with Crippen molar-refractivity contribution in [2.45, 2.75) is 0 Å². The van der Waals surface area contributed by atoms with Crippen LogP contribution in [0.15, 0.2) is 42.7 Å². The quantitative estimate of drug-likeness (QED) is 0.777. The van der Waals surface area contributed by atoms with E-state index in [0.717, 1.165) is 11.1 Å². The SMILES string of the molecule is COC(=O)c1cc(-c2cccnc2)ccc1OC. The maximum absolute atomic E-state index is 11.7. The van der Waals surface area contributed by atoms with Crippen molar-refractivity contribution in [1.82, 2.24) is 4.98 Å². The molecular formula is C14H13NO3. The number of nitrogens with zero attached hydrogens (tertiary/aromatic N) is 1. The third kappa shape index (κ3) is 2.32. The molecule has 0 saturated carbocycles. The average molecular weight is 243 g/mol. The number of methoxy groups -OCH3 is 2. The van der Waals surface area contributed by atoms with Gasteiger partial charge in [0.25, 0.3) is 0 Å². The average Bonchev–Trinajstić information content (AvgIpc) is 2.46. The Morgan fingerprint density at radius 3 is 2.61 bits per heavy atom. The molecule has 92 valence electrons. The summed E-state index contributed by atoms with van der Waals surface area (Å²) in [6, 6.07) is 9.13. The summed E-state index contributed by atoms with van der Waals surface area (Å²) < 4.78 is 9.88. The third-order valence-electron chi connectivity index (χ3n) is 2.60. The molecule has 18 heavy (non-hydrogen) atoms. The van der Waals surface area contributed by atoms with Crippen molar-refractivity contribution in [1.29, 1.82) is 0 Å². The Hall–Kier alpha value is -2.36. The minimum atomic E-state index is -0.419. The second-order valence-corrected chi connectivity index (χ2v) is 3.65. The zero-order chi connectivity index (χ0) is 13.0. The number of hydrogen-bond donors (Lipinski definition) is 0. The summed E-state index contributed by atoms with van der Waals surface area (Å²) in [4.78, 5) is 15.7. The van der Waals surface area contributed by atoms with Gasteiger partial charge >= 0.3 is 5.97 Å². The van der Waals surface area contributed by atoms with Gasteiger partial charge in [-0.05, 0) is 23.8 Å². The second kappa shape index (κ2) is 5.31. The summed E-state index contributed by atoms with van der Waals surface area (Å²) in [5.41, 5.74) is 2.23. The van der Waals surface area contributed by atoms with Crippen molar-refractivity contribution in [3.8, 4) is 16.9 Å². The van der Waals surface area contributed by atoms with E-state index in [1.807, 2.05) is 18.2 Å². The summed E-state index contributed by atoms with van der Waals surface area (Å²) in [5.74, 6) is 0.0760. The predicted octanol–water partition coefficient (Wildman–Crippen LogP) is 2.54. The number of ether oxygens (including phenoxy) is 2. The molecule has 2 rings (SSSR count). The Morgan fingerprint density at radius 2 is 2.00 bits per heavy atom. The zero-order valence-corrected chi connectivity index (χ0v) is 10.2. The first-order valence-electron chi connectivity index (χ1n) is 5.43. The molecule has 0 amide bonds. The number of carbonyl (C=O) groups is 1. The Morgan fingerprint density at radius 1 is 1.17 bits per heavy atom. The largest absolute Gasteiger partial charge is 0.496 e. The van der Waals surface area contributed by atoms with Crippen molar-refractivity contribution in [2.24, 2.45) is 0 Å². The fourth-order valence-electron chi connectivity index (χ4n) is 1.69. The Balaban J connectivity index is 2.49. The first-order valence-corrected chi connectivity index (χ1v) is 5.43. The molecule has 0 bridgehead atoms. The van der Waals surface area contributed by atoms with Crippen LogP contribution in [0.3, 0.4) is 0 Å². The summed E-state index contributed by atoms with van der Waals surface area (Å²) in [6.07, 6.45) is 3.44. The fraction of sp³-hybridized carbons (Fsp3) is 0.143. The van der Waals surface area contributed by atoms with Gasteiger partial charge in [0.1, 0.15) is 11.3 Å². The van der Waals surface area contributed by atoms with Gasteiger partial charge in [0.2, 0.25) is 0 Å². The van der Waals surface area contributed by atoms with Crippen molar-refractivity contribution >= 4 is 5.97 Å². The van der Waals surface area contributed by atoms with E-state index in [4.69, 9.17) is 9.47 Å². The Labute approximate surface area is 105 Å². The number of hydrogen-bond acceptors (Lipinski definition) is 4. The van der Waals surface area contributed by atoms with E-state index in [0.29, 0.717) is 11.3 Å². The molecule has 0 atom stereocenters. The molecule has 0 N–H and O–H groups in total. The molecule has 1 aromatic heterocycles. The summed E-state index contributed by atoms with van der Waals surface area (Å²) in [5, 5.41) is 0. The molecule has 0 aliphatic carbocycles. The highest BCUT2D eigenvalue weighted by molar-refractivity contribution is 5.94. The van der Waals surface area contributed by atoms with Crippen LogP contribution >= 0.6 is 0 Å². The number of esters is 1. The van der Waals surface area contributed by atoms with Gasteiger partial charge in [-0.2, -0.15) is 0 Å². The van der Waals surface area contributed by atoms with Crippen molar-refractivity contribution in [2.75, 3.05) is 14.2 Å². The van der Waals surface area contributed by atoms with Crippen molar-refractivity contribution in [3.63, 3.8) is 0 Å². The van der Waals surface area contributed by atoms with E-state index in [2.05, 4.69) is 4.98 Å². The minimum Gasteiger partial charge on any atom is -0.496 e. The van der Waals surface area contributed by atoms with Crippen LogP contribution in [0.1, 0.15) is 10.4 Å². The molecule has 1 aromatic carbocycles. The van der Waals surface area contributed by atoms with Crippen LogP contribution in [0.2, 0.25) is 0 Å². The van der Waals surface area contributed by atoms with Gasteiger partial charge < -0.3 is 9.47 Å². The van der Waals surface area contributed by atoms with E-state index < -0.39 is 5.97 Å². The van der Waals surface area contributed by atoms with E-state index in [1.54, 1.807) is 24.5 Å². The second-order valence-electron chi connectivity index (χ2n) is 3.65. The highest BCUT2D eigenvalue weighted by Gasteiger charge is 2.13. The molecule has 4 nitrogen and oxygen atoms in total. The highest BCUT2D eigenvalue weighted by Crippen LogP contribution is 2.26. The number of carbonyl (C=O) groups excluding carboxylic acids is 1. The molecule has 4 heteroatoms. The van der Waals surface area contributed by atoms with Crippen LogP contribution in [0.5, 0.6) is 5.75 Å². The number of aromatic nitrogens is 1. The maximum atomic E-state index is 11.7. The van der Waals surface area contributed by atoms with Crippen LogP contribution in [-0.4, -0.2) is 25.2 Å². The molecular weight excluding hydrogens is 230 g/mol. The molecule has 2 aromatic rings. The van der Waals surface area contributed by atoms with Crippen molar-refractivity contribution in [3.05, 3.63) is 48.3 Å². The minimum absolute atomic E-state index is 0.404. The number of pyridine rings is 1. The standard InChI is InChI=1S/C14H13NO3/c1-17-13-6-5-10(8-12(13)14(16)18-2)11-4-3-7-15-9-11/h3-9H,1-2H3. The normalized spacial score (nSPS) is 9.89. The van der Waals surface area contributed by atoms with Crippen LogP contribution in [0.4, 0.5) is 0 Å². The molecule has 0 fully saturated rings. The first kappa shape index (κ1) is 12.1. The Kier molecular flexibility index (Phi) is 3.57. The highest BCUT2D eigenvalue weighted by atomic mass is 16.5. The molecule has 0 radical (unpaired) electrons. The first-order chi connectivity index (χ1) is 8.76. The summed E-state index contributed by atoms with van der Waals surface area (Å²) in [6.45, 7) is 0. The van der Waals surface area contributed by atoms with Gasteiger partial charge in [-0.25, -0.2) is 4.79 Å². The molecule has 0 aliphatic heterocycles. The summed E-state index contributed by atoms with van der Waals surface area (Å²) >= 11 is 0. The van der Waals surface area contributed by atoms with Crippen LogP contribution in [-0.2, 0) is 4.74 Å². The van der Waals surface area contributed by atoms with E-state index in [1.165, 1.54) is 14.2 Å². The van der Waals surface area contributed by atoms with Crippen molar-refractivity contribution < 1.29 is 14.3 Å². The zero-order valence-electron chi connectivity index (χ0n) is 10.2.